The summed E-state index contributed by atoms with van der Waals surface area (Å²) in [6.07, 6.45) is 5.99. The zero-order chi connectivity index (χ0) is 22.5. The van der Waals surface area contributed by atoms with Crippen molar-refractivity contribution in [2.75, 3.05) is 18.5 Å². The lowest BCUT2D eigenvalue weighted by atomic mass is 10.2. The molecule has 0 unspecified atom stereocenters. The molecule has 0 aliphatic carbocycles. The number of anilines is 1. The summed E-state index contributed by atoms with van der Waals surface area (Å²) in [5.74, 6) is 1.23. The average Bonchev–Trinajstić information content (AvgIpc) is 2.76. The summed E-state index contributed by atoms with van der Waals surface area (Å²) in [6.45, 7) is 9.09. The summed E-state index contributed by atoms with van der Waals surface area (Å²) in [4.78, 5) is 12.4. The second-order valence-corrected chi connectivity index (χ2v) is 7.87. The minimum Gasteiger partial charge on any atom is -0.494 e. The van der Waals surface area contributed by atoms with Crippen LogP contribution in [0.25, 0.3) is 0 Å². The van der Waals surface area contributed by atoms with Crippen molar-refractivity contribution in [3.63, 3.8) is 0 Å². The molecule has 1 amide bonds. The quantitative estimate of drug-likeness (QED) is 0.237. The molecule has 0 bridgehead atoms. The Labute approximate surface area is 190 Å². The molecule has 2 rings (SSSR count). The molecule has 0 saturated heterocycles. The van der Waals surface area contributed by atoms with Gasteiger partial charge in [-0.15, -0.1) is 0 Å². The maximum atomic E-state index is 12.4. The summed E-state index contributed by atoms with van der Waals surface area (Å²) in [6, 6.07) is 14.4. The van der Waals surface area contributed by atoms with Gasteiger partial charge in [-0.1, -0.05) is 39.2 Å². The Kier molecular flexibility index (Phi) is 10.6. The van der Waals surface area contributed by atoms with Crippen molar-refractivity contribution in [3.8, 4) is 11.5 Å². The maximum Gasteiger partial charge on any atom is 0.257 e. The summed E-state index contributed by atoms with van der Waals surface area (Å²) in [5.41, 5.74) is 2.23. The minimum absolute atomic E-state index is 0.230. The average molecular weight is 441 g/mol. The highest BCUT2D eigenvalue weighted by molar-refractivity contribution is 7.80. The summed E-state index contributed by atoms with van der Waals surface area (Å²) >= 11 is 5.25. The predicted octanol–water partition coefficient (Wildman–Crippen LogP) is 6.12. The lowest BCUT2D eigenvalue weighted by molar-refractivity contribution is 0.0977. The van der Waals surface area contributed by atoms with Gasteiger partial charge in [-0.2, -0.15) is 0 Å². The van der Waals surface area contributed by atoms with Crippen LogP contribution in [0, 0.1) is 0 Å². The van der Waals surface area contributed by atoms with E-state index in [0.717, 1.165) is 29.2 Å². The van der Waals surface area contributed by atoms with Crippen molar-refractivity contribution >= 4 is 28.9 Å². The number of hydrogen-bond acceptors (Lipinski definition) is 4. The Morgan fingerprint density at radius 3 is 2.19 bits per heavy atom. The van der Waals surface area contributed by atoms with E-state index in [0.29, 0.717) is 18.8 Å². The topological polar surface area (TPSA) is 59.6 Å². The van der Waals surface area contributed by atoms with Gasteiger partial charge in [0, 0.05) is 11.3 Å². The Morgan fingerprint density at radius 1 is 0.935 bits per heavy atom. The Morgan fingerprint density at radius 2 is 1.55 bits per heavy atom. The van der Waals surface area contributed by atoms with Crippen LogP contribution in [0.15, 0.2) is 60.7 Å². The van der Waals surface area contributed by atoms with Gasteiger partial charge in [0.15, 0.2) is 5.11 Å². The van der Waals surface area contributed by atoms with E-state index in [1.54, 1.807) is 24.3 Å². The molecule has 0 saturated carbocycles. The number of carbonyl (C=O) groups excluding carboxylic acids is 1. The third-order valence-corrected chi connectivity index (χ3v) is 4.66. The van der Waals surface area contributed by atoms with Crippen LogP contribution in [-0.4, -0.2) is 24.2 Å². The number of nitrogens with one attached hydrogen (secondary N) is 2. The molecule has 166 valence electrons. The van der Waals surface area contributed by atoms with Crippen molar-refractivity contribution in [1.29, 1.82) is 0 Å². The Bertz CT molecular complexity index is 848. The maximum absolute atomic E-state index is 12.4. The fraction of sp³-hybridized carbons (Fsp3) is 0.360. The highest BCUT2D eigenvalue weighted by Gasteiger charge is 2.08. The van der Waals surface area contributed by atoms with Crippen LogP contribution in [0.5, 0.6) is 11.5 Å². The van der Waals surface area contributed by atoms with Crippen LogP contribution >= 0.6 is 12.2 Å². The lowest BCUT2D eigenvalue weighted by Gasteiger charge is -2.11. The number of benzene rings is 2. The molecule has 0 atom stereocenters. The molecule has 5 nitrogen and oxygen atoms in total. The third kappa shape index (κ3) is 9.66. The lowest BCUT2D eigenvalue weighted by Crippen LogP contribution is -2.34. The smallest absolute Gasteiger partial charge is 0.257 e. The molecule has 31 heavy (non-hydrogen) atoms. The first-order valence-corrected chi connectivity index (χ1v) is 11.1. The Balaban J connectivity index is 1.75. The van der Waals surface area contributed by atoms with E-state index in [4.69, 9.17) is 21.7 Å². The van der Waals surface area contributed by atoms with Crippen LogP contribution in [-0.2, 0) is 0 Å². The van der Waals surface area contributed by atoms with Crippen LogP contribution in [0.2, 0.25) is 0 Å². The normalized spacial score (nSPS) is 10.3. The third-order valence-electron chi connectivity index (χ3n) is 4.46. The molecule has 0 aromatic heterocycles. The van der Waals surface area contributed by atoms with Gasteiger partial charge >= 0.3 is 0 Å². The van der Waals surface area contributed by atoms with Gasteiger partial charge < -0.3 is 14.8 Å². The molecular formula is C25H32N2O3S. The van der Waals surface area contributed by atoms with Gasteiger partial charge in [0.25, 0.3) is 5.91 Å². The predicted molar refractivity (Wildman–Crippen MR) is 131 cm³/mol. The van der Waals surface area contributed by atoms with Crippen molar-refractivity contribution in [1.82, 2.24) is 5.32 Å². The first-order valence-electron chi connectivity index (χ1n) is 10.7. The van der Waals surface area contributed by atoms with E-state index in [9.17, 15) is 4.79 Å². The van der Waals surface area contributed by atoms with Crippen LogP contribution < -0.4 is 20.1 Å². The van der Waals surface area contributed by atoms with Gasteiger partial charge in [0.05, 0.1) is 6.61 Å². The second-order valence-electron chi connectivity index (χ2n) is 7.47. The highest BCUT2D eigenvalue weighted by atomic mass is 32.1. The SMILES string of the molecule is C=C(C)COc1ccc(NC(=S)NC(=O)c2ccc(OCCCCCCC)cc2)cc1. The number of carbonyl (C=O) groups is 1. The molecule has 0 heterocycles. The number of unbranched alkanes of at least 4 members (excludes halogenated alkanes) is 4. The second kappa shape index (κ2) is 13.4. The number of rotatable bonds is 12. The minimum atomic E-state index is -0.273. The van der Waals surface area contributed by atoms with Crippen LogP contribution in [0.4, 0.5) is 5.69 Å². The van der Waals surface area contributed by atoms with Crippen molar-refractivity contribution < 1.29 is 14.3 Å². The summed E-state index contributed by atoms with van der Waals surface area (Å²) < 4.78 is 11.3. The van der Waals surface area contributed by atoms with E-state index in [-0.39, 0.29) is 11.0 Å². The molecule has 0 aliphatic rings. The molecule has 2 N–H and O–H groups in total. The standard InChI is InChI=1S/C25H32N2O3S/c1-4-5-6-7-8-17-29-22-13-9-20(10-14-22)24(28)27-25(31)26-21-11-15-23(16-12-21)30-18-19(2)3/h9-16H,2,4-8,17-18H2,1,3H3,(H2,26,27,28,31). The van der Waals surface area contributed by atoms with Crippen LogP contribution in [0.3, 0.4) is 0 Å². The molecule has 2 aromatic rings. The monoisotopic (exact) mass is 440 g/mol. The van der Waals surface area contributed by atoms with E-state index >= 15 is 0 Å². The fourth-order valence-electron chi connectivity index (χ4n) is 2.78. The van der Waals surface area contributed by atoms with Crippen LogP contribution in [0.1, 0.15) is 56.3 Å². The highest BCUT2D eigenvalue weighted by Crippen LogP contribution is 2.17. The summed E-state index contributed by atoms with van der Waals surface area (Å²) in [5, 5.41) is 5.91. The summed E-state index contributed by atoms with van der Waals surface area (Å²) in [7, 11) is 0. The zero-order valence-electron chi connectivity index (χ0n) is 18.4. The largest absolute Gasteiger partial charge is 0.494 e. The van der Waals surface area contributed by atoms with Crippen molar-refractivity contribution in [2.45, 2.75) is 46.0 Å². The fourth-order valence-corrected chi connectivity index (χ4v) is 2.99. The molecule has 0 aliphatic heterocycles. The molecular weight excluding hydrogens is 408 g/mol. The van der Waals surface area contributed by atoms with E-state index in [1.165, 1.54) is 25.7 Å². The van der Waals surface area contributed by atoms with Gasteiger partial charge in [-0.25, -0.2) is 0 Å². The molecule has 0 spiro atoms. The Hall–Kier alpha value is -2.86. The van der Waals surface area contributed by atoms with Gasteiger partial charge in [0.1, 0.15) is 18.1 Å². The molecule has 2 aromatic carbocycles. The van der Waals surface area contributed by atoms with Crippen molar-refractivity contribution in [2.24, 2.45) is 0 Å². The van der Waals surface area contributed by atoms with E-state index < -0.39 is 0 Å². The van der Waals surface area contributed by atoms with Gasteiger partial charge in [-0.3, -0.25) is 10.1 Å². The van der Waals surface area contributed by atoms with Crippen molar-refractivity contribution in [3.05, 3.63) is 66.2 Å². The molecule has 6 heteroatoms. The number of ether oxygens (including phenoxy) is 2. The first-order chi connectivity index (χ1) is 15.0. The van der Waals surface area contributed by atoms with E-state index in [1.807, 2.05) is 31.2 Å². The molecule has 0 fully saturated rings. The zero-order valence-corrected chi connectivity index (χ0v) is 19.2. The van der Waals surface area contributed by atoms with Gasteiger partial charge in [-0.05, 0) is 79.7 Å². The van der Waals surface area contributed by atoms with E-state index in [2.05, 4.69) is 24.1 Å². The number of thiocarbonyl (C=S) groups is 1. The first kappa shape index (κ1) is 24.4. The molecule has 0 radical (unpaired) electrons. The van der Waals surface area contributed by atoms with Gasteiger partial charge in [0.2, 0.25) is 0 Å². The number of amides is 1. The number of hydrogen-bond donors (Lipinski definition) is 2.